The number of hydrogen-bond acceptors (Lipinski definition) is 8. The van der Waals surface area contributed by atoms with Crippen molar-refractivity contribution in [3.8, 4) is 17.4 Å². The van der Waals surface area contributed by atoms with Gasteiger partial charge in [0.2, 0.25) is 5.88 Å². The van der Waals surface area contributed by atoms with Crippen LogP contribution in [0.15, 0.2) is 29.0 Å². The quantitative estimate of drug-likeness (QED) is 0.475. The first kappa shape index (κ1) is 14.9. The molecule has 0 bridgehead atoms. The van der Waals surface area contributed by atoms with Crippen LogP contribution in [-0.4, -0.2) is 22.0 Å². The van der Waals surface area contributed by atoms with Crippen molar-refractivity contribution < 1.29 is 14.4 Å². The van der Waals surface area contributed by atoms with Crippen LogP contribution >= 0.6 is 15.9 Å². The molecule has 0 spiro atoms. The van der Waals surface area contributed by atoms with Gasteiger partial charge < -0.3 is 14.9 Å². The number of nitrogen functional groups attached to an aromatic ring is 1. The van der Waals surface area contributed by atoms with Crippen LogP contribution in [0.3, 0.4) is 0 Å². The lowest BCUT2D eigenvalue weighted by atomic mass is 10.3. The van der Waals surface area contributed by atoms with Crippen LogP contribution in [0, 0.1) is 10.1 Å². The van der Waals surface area contributed by atoms with Gasteiger partial charge in [0.05, 0.1) is 18.1 Å². The SMILES string of the molecule is COc1ccc(Oc2ncnc(NN)c2Br)cc1[N+](=O)[O-]. The summed E-state index contributed by atoms with van der Waals surface area (Å²) in [5.41, 5.74) is 2.15. The van der Waals surface area contributed by atoms with Crippen molar-refractivity contribution in [2.75, 3.05) is 12.5 Å². The molecule has 2 aromatic rings. The predicted octanol–water partition coefficient (Wildman–Crippen LogP) is 2.23. The van der Waals surface area contributed by atoms with Gasteiger partial charge in [-0.2, -0.15) is 0 Å². The molecule has 1 aromatic carbocycles. The molecule has 0 atom stereocenters. The maximum Gasteiger partial charge on any atom is 0.314 e. The average Bonchev–Trinajstić information content (AvgIpc) is 2.49. The van der Waals surface area contributed by atoms with E-state index >= 15 is 0 Å². The maximum atomic E-state index is 11.0. The number of anilines is 1. The number of methoxy groups -OCH3 is 1. The molecule has 0 unspecified atom stereocenters. The Kier molecular flexibility index (Phi) is 4.50. The standard InChI is InChI=1S/C11H10BrN5O4/c1-20-8-3-2-6(4-7(8)17(18)19)21-11-9(12)10(16-13)14-5-15-11/h2-5H,13H2,1H3,(H,14,15,16). The molecule has 0 aliphatic heterocycles. The lowest BCUT2D eigenvalue weighted by molar-refractivity contribution is -0.385. The fourth-order valence-corrected chi connectivity index (χ4v) is 1.91. The van der Waals surface area contributed by atoms with Gasteiger partial charge >= 0.3 is 5.69 Å². The van der Waals surface area contributed by atoms with Crippen LogP contribution in [0.4, 0.5) is 11.5 Å². The van der Waals surface area contributed by atoms with Gasteiger partial charge in [-0.15, -0.1) is 0 Å². The van der Waals surface area contributed by atoms with E-state index in [2.05, 4.69) is 31.3 Å². The number of hydrogen-bond donors (Lipinski definition) is 2. The summed E-state index contributed by atoms with van der Waals surface area (Å²) in [4.78, 5) is 18.2. The van der Waals surface area contributed by atoms with Gasteiger partial charge in [0.15, 0.2) is 11.6 Å². The Hall–Kier alpha value is -2.46. The van der Waals surface area contributed by atoms with Crippen molar-refractivity contribution in [3.63, 3.8) is 0 Å². The van der Waals surface area contributed by atoms with Gasteiger partial charge in [0, 0.05) is 0 Å². The Labute approximate surface area is 127 Å². The number of ether oxygens (including phenoxy) is 2. The summed E-state index contributed by atoms with van der Waals surface area (Å²) in [5.74, 6) is 6.13. The molecular weight excluding hydrogens is 346 g/mol. The highest BCUT2D eigenvalue weighted by molar-refractivity contribution is 9.10. The normalized spacial score (nSPS) is 10.0. The van der Waals surface area contributed by atoms with Crippen molar-refractivity contribution in [1.82, 2.24) is 9.97 Å². The average molecular weight is 356 g/mol. The van der Waals surface area contributed by atoms with Gasteiger partial charge in [0.1, 0.15) is 16.5 Å². The highest BCUT2D eigenvalue weighted by Gasteiger charge is 2.17. The molecule has 0 fully saturated rings. The molecule has 1 aromatic heterocycles. The second-order valence-electron chi connectivity index (χ2n) is 3.68. The van der Waals surface area contributed by atoms with E-state index in [0.29, 0.717) is 10.3 Å². The molecule has 0 amide bonds. The minimum atomic E-state index is -0.562. The Morgan fingerprint density at radius 1 is 1.43 bits per heavy atom. The van der Waals surface area contributed by atoms with Gasteiger partial charge in [-0.3, -0.25) is 10.1 Å². The lowest BCUT2D eigenvalue weighted by Gasteiger charge is -2.09. The number of aromatic nitrogens is 2. The first-order chi connectivity index (χ1) is 10.1. The second-order valence-corrected chi connectivity index (χ2v) is 4.47. The van der Waals surface area contributed by atoms with E-state index in [9.17, 15) is 10.1 Å². The van der Waals surface area contributed by atoms with E-state index in [1.807, 2.05) is 0 Å². The van der Waals surface area contributed by atoms with Crippen molar-refractivity contribution in [2.45, 2.75) is 0 Å². The number of nitrogens with two attached hydrogens (primary N) is 1. The second kappa shape index (κ2) is 6.33. The zero-order valence-corrected chi connectivity index (χ0v) is 12.3. The first-order valence-corrected chi connectivity index (χ1v) is 6.33. The molecule has 21 heavy (non-hydrogen) atoms. The minimum absolute atomic E-state index is 0.137. The minimum Gasteiger partial charge on any atom is -0.490 e. The number of hydrazine groups is 1. The zero-order valence-electron chi connectivity index (χ0n) is 10.7. The summed E-state index contributed by atoms with van der Waals surface area (Å²) in [6.45, 7) is 0. The van der Waals surface area contributed by atoms with Crippen LogP contribution < -0.4 is 20.7 Å². The third kappa shape index (κ3) is 3.17. The van der Waals surface area contributed by atoms with Crippen molar-refractivity contribution >= 4 is 27.4 Å². The molecular formula is C11H10BrN5O4. The molecule has 10 heteroatoms. The highest BCUT2D eigenvalue weighted by atomic mass is 79.9. The number of nitrogens with zero attached hydrogens (tertiary/aromatic N) is 3. The number of nitro groups is 1. The van der Waals surface area contributed by atoms with Crippen LogP contribution in [0.1, 0.15) is 0 Å². The Bertz CT molecular complexity index is 682. The first-order valence-electron chi connectivity index (χ1n) is 5.54. The van der Waals surface area contributed by atoms with Crippen molar-refractivity contribution in [1.29, 1.82) is 0 Å². The van der Waals surface area contributed by atoms with Gasteiger partial charge in [0.25, 0.3) is 0 Å². The molecule has 3 N–H and O–H groups in total. The van der Waals surface area contributed by atoms with Crippen LogP contribution in [0.5, 0.6) is 17.4 Å². The molecule has 110 valence electrons. The summed E-state index contributed by atoms with van der Waals surface area (Å²) < 4.78 is 10.8. The highest BCUT2D eigenvalue weighted by Crippen LogP contribution is 2.35. The van der Waals surface area contributed by atoms with E-state index in [-0.39, 0.29) is 23.1 Å². The summed E-state index contributed by atoms with van der Waals surface area (Å²) in [6.07, 6.45) is 1.24. The maximum absolute atomic E-state index is 11.0. The van der Waals surface area contributed by atoms with Crippen LogP contribution in [-0.2, 0) is 0 Å². The summed E-state index contributed by atoms with van der Waals surface area (Å²) in [6, 6.07) is 4.20. The summed E-state index contributed by atoms with van der Waals surface area (Å²) >= 11 is 3.22. The molecule has 9 nitrogen and oxygen atoms in total. The summed E-state index contributed by atoms with van der Waals surface area (Å²) in [7, 11) is 1.35. The van der Waals surface area contributed by atoms with Crippen molar-refractivity contribution in [2.24, 2.45) is 5.84 Å². The van der Waals surface area contributed by atoms with Gasteiger partial charge in [-0.05, 0) is 28.1 Å². The molecule has 0 aliphatic carbocycles. The molecule has 0 saturated carbocycles. The molecule has 1 heterocycles. The fourth-order valence-electron chi connectivity index (χ4n) is 1.51. The Balaban J connectivity index is 2.36. The third-order valence-electron chi connectivity index (χ3n) is 2.46. The van der Waals surface area contributed by atoms with E-state index in [1.165, 1.54) is 31.6 Å². The number of halogens is 1. The largest absolute Gasteiger partial charge is 0.490 e. The fraction of sp³-hybridized carbons (Fsp3) is 0.0909. The lowest BCUT2D eigenvalue weighted by Crippen LogP contribution is -2.09. The predicted molar refractivity (Wildman–Crippen MR) is 77.3 cm³/mol. The smallest absolute Gasteiger partial charge is 0.314 e. The summed E-state index contributed by atoms with van der Waals surface area (Å²) in [5, 5.41) is 11.0. The third-order valence-corrected chi connectivity index (χ3v) is 3.17. The van der Waals surface area contributed by atoms with E-state index in [1.54, 1.807) is 0 Å². The van der Waals surface area contributed by atoms with Crippen LogP contribution in [0.2, 0.25) is 0 Å². The number of rotatable bonds is 5. The monoisotopic (exact) mass is 355 g/mol. The van der Waals surface area contributed by atoms with Crippen molar-refractivity contribution in [3.05, 3.63) is 39.1 Å². The molecule has 0 saturated heterocycles. The topological polar surface area (TPSA) is 125 Å². The molecule has 0 radical (unpaired) electrons. The van der Waals surface area contributed by atoms with Crippen LogP contribution in [0.25, 0.3) is 0 Å². The van der Waals surface area contributed by atoms with E-state index < -0.39 is 4.92 Å². The number of nitro benzene ring substituents is 1. The molecule has 2 rings (SSSR count). The number of nitrogens with one attached hydrogen (secondary N) is 1. The zero-order chi connectivity index (χ0) is 15.4. The molecule has 0 aliphatic rings. The van der Waals surface area contributed by atoms with E-state index in [0.717, 1.165) is 0 Å². The van der Waals surface area contributed by atoms with E-state index in [4.69, 9.17) is 15.3 Å². The van der Waals surface area contributed by atoms with Gasteiger partial charge in [-0.25, -0.2) is 15.8 Å². The Morgan fingerprint density at radius 2 is 2.19 bits per heavy atom. The Morgan fingerprint density at radius 3 is 2.81 bits per heavy atom. The van der Waals surface area contributed by atoms with Gasteiger partial charge in [-0.1, -0.05) is 0 Å². The number of benzene rings is 1.